The van der Waals surface area contributed by atoms with Crippen LogP contribution in [0.15, 0.2) is 91.0 Å². The van der Waals surface area contributed by atoms with Gasteiger partial charge in [0, 0.05) is 30.5 Å². The van der Waals surface area contributed by atoms with Gasteiger partial charge in [0.15, 0.2) is 0 Å². The molecular formula is C34H31F3N2O3. The molecule has 0 bridgehead atoms. The van der Waals surface area contributed by atoms with Gasteiger partial charge in [-0.15, -0.1) is 0 Å². The highest BCUT2D eigenvalue weighted by atomic mass is 19.4. The maximum atomic E-state index is 14.4. The summed E-state index contributed by atoms with van der Waals surface area (Å²) >= 11 is 0. The van der Waals surface area contributed by atoms with E-state index in [9.17, 15) is 28.3 Å². The van der Waals surface area contributed by atoms with E-state index in [-0.39, 0.29) is 19.5 Å². The number of carbonyl (C=O) groups excluding carboxylic acids is 1. The second-order valence-electron chi connectivity index (χ2n) is 10.9. The number of hydrogen-bond acceptors (Lipinski definition) is 4. The molecule has 1 amide bonds. The lowest BCUT2D eigenvalue weighted by Gasteiger charge is -2.41. The van der Waals surface area contributed by atoms with Crippen LogP contribution in [-0.4, -0.2) is 42.2 Å². The predicted octanol–water partition coefficient (Wildman–Crippen LogP) is 6.91. The molecule has 0 aromatic heterocycles. The third-order valence-corrected chi connectivity index (χ3v) is 8.35. The van der Waals surface area contributed by atoms with Crippen molar-refractivity contribution in [3.05, 3.63) is 113 Å². The zero-order valence-electron chi connectivity index (χ0n) is 23.3. The van der Waals surface area contributed by atoms with Gasteiger partial charge in [0.05, 0.1) is 24.8 Å². The van der Waals surface area contributed by atoms with Gasteiger partial charge >= 0.3 is 6.18 Å². The zero-order valence-corrected chi connectivity index (χ0v) is 23.3. The van der Waals surface area contributed by atoms with Crippen molar-refractivity contribution in [2.24, 2.45) is 5.41 Å². The Kier molecular flexibility index (Phi) is 7.98. The molecule has 1 saturated heterocycles. The molecule has 0 spiro atoms. The normalized spacial score (nSPS) is 19.5. The number of rotatable bonds is 6. The Morgan fingerprint density at radius 1 is 1.00 bits per heavy atom. The second-order valence-corrected chi connectivity index (χ2v) is 10.9. The van der Waals surface area contributed by atoms with E-state index >= 15 is 0 Å². The van der Waals surface area contributed by atoms with E-state index in [1.165, 1.54) is 11.0 Å². The van der Waals surface area contributed by atoms with Gasteiger partial charge in [-0.2, -0.15) is 18.4 Å². The van der Waals surface area contributed by atoms with E-state index in [4.69, 9.17) is 4.74 Å². The van der Waals surface area contributed by atoms with Crippen LogP contribution in [0.2, 0.25) is 0 Å². The number of nitriles is 1. The van der Waals surface area contributed by atoms with Crippen LogP contribution < -0.4 is 4.74 Å². The Balaban J connectivity index is 1.53. The number of alkyl halides is 3. The lowest BCUT2D eigenvalue weighted by molar-refractivity contribution is -0.142. The maximum Gasteiger partial charge on any atom is 0.416 e. The third-order valence-electron chi connectivity index (χ3n) is 8.35. The van der Waals surface area contributed by atoms with E-state index in [0.717, 1.165) is 28.5 Å². The summed E-state index contributed by atoms with van der Waals surface area (Å²) in [5.41, 5.74) is -0.559. The first-order chi connectivity index (χ1) is 20.1. The van der Waals surface area contributed by atoms with E-state index in [1.807, 2.05) is 60.7 Å². The SMILES string of the molecule is COc1ccccc1[C@H](c1cccc2ccccc12)[C@@](C)(C#N)C(=O)N1CCC(c2cccc(C(F)(F)F)c2)C(O)C1. The molecule has 0 saturated carbocycles. The number of aliphatic hydroxyl groups is 1. The standard InChI is InChI=1S/C34H31F3N2O3/c1-33(21-38,32(41)39-18-17-26(29(40)20-39)23-11-7-12-24(19-23)34(35,36)37)31(28-14-5-6-16-30(28)42-2)27-15-8-10-22-9-3-4-13-25(22)27/h3-16,19,26,29,31,40H,17-18,20H2,1-2H3/t26?,29?,31-,33+/m0/s1. The highest BCUT2D eigenvalue weighted by Crippen LogP contribution is 2.48. The van der Waals surface area contributed by atoms with Crippen LogP contribution in [0, 0.1) is 16.7 Å². The summed E-state index contributed by atoms with van der Waals surface area (Å²) in [6.07, 6.45) is -5.35. The van der Waals surface area contributed by atoms with E-state index in [2.05, 4.69) is 6.07 Å². The number of nitrogens with zero attached hydrogens (tertiary/aromatic N) is 2. The number of aliphatic hydroxyl groups excluding tert-OH is 1. The van der Waals surface area contributed by atoms with Crippen molar-refractivity contribution in [2.45, 2.75) is 37.5 Å². The summed E-state index contributed by atoms with van der Waals surface area (Å²) in [7, 11) is 1.54. The number of methoxy groups -OCH3 is 1. The Morgan fingerprint density at radius 3 is 2.38 bits per heavy atom. The van der Waals surface area contributed by atoms with Crippen molar-refractivity contribution in [1.82, 2.24) is 4.90 Å². The summed E-state index contributed by atoms with van der Waals surface area (Å²) in [4.78, 5) is 15.8. The molecule has 0 aliphatic carbocycles. The van der Waals surface area contributed by atoms with Crippen LogP contribution in [0.25, 0.3) is 10.8 Å². The molecule has 1 aliphatic rings. The van der Waals surface area contributed by atoms with Crippen LogP contribution in [0.3, 0.4) is 0 Å². The first-order valence-electron chi connectivity index (χ1n) is 13.7. The summed E-state index contributed by atoms with van der Waals surface area (Å²) in [6, 6.07) is 28.1. The number of carbonyl (C=O) groups is 1. The minimum absolute atomic E-state index is 0.106. The molecule has 1 N–H and O–H groups in total. The Morgan fingerprint density at radius 2 is 1.67 bits per heavy atom. The minimum atomic E-state index is -4.50. The van der Waals surface area contributed by atoms with Gasteiger partial charge < -0.3 is 14.7 Å². The fraction of sp³-hybridized carbons (Fsp3) is 0.294. The van der Waals surface area contributed by atoms with Gasteiger partial charge in [0.25, 0.3) is 0 Å². The Bertz CT molecular complexity index is 1640. The van der Waals surface area contributed by atoms with Gasteiger partial charge in [-0.05, 0) is 47.4 Å². The number of benzene rings is 4. The number of para-hydroxylation sites is 1. The van der Waals surface area contributed by atoms with Gasteiger partial charge in [-0.25, -0.2) is 0 Å². The van der Waals surface area contributed by atoms with Gasteiger partial charge in [-0.3, -0.25) is 4.79 Å². The summed E-state index contributed by atoms with van der Waals surface area (Å²) in [6.45, 7) is 1.69. The average molecular weight is 573 g/mol. The first-order valence-corrected chi connectivity index (χ1v) is 13.7. The molecule has 5 rings (SSSR count). The average Bonchev–Trinajstić information content (AvgIpc) is 3.00. The van der Waals surface area contributed by atoms with Gasteiger partial charge in [0.1, 0.15) is 11.2 Å². The second kappa shape index (κ2) is 11.5. The Labute approximate surface area is 242 Å². The van der Waals surface area contributed by atoms with Crippen LogP contribution >= 0.6 is 0 Å². The fourth-order valence-electron chi connectivity index (χ4n) is 6.21. The number of halogens is 3. The number of amides is 1. The molecule has 42 heavy (non-hydrogen) atoms. The number of ether oxygens (including phenoxy) is 1. The first kappa shape index (κ1) is 29.2. The molecule has 0 radical (unpaired) electrons. The molecule has 1 heterocycles. The van der Waals surface area contributed by atoms with E-state index < -0.39 is 41.0 Å². The van der Waals surface area contributed by atoms with Crippen molar-refractivity contribution in [3.8, 4) is 11.8 Å². The number of piperidine rings is 1. The van der Waals surface area contributed by atoms with Crippen LogP contribution in [0.4, 0.5) is 13.2 Å². The minimum Gasteiger partial charge on any atom is -0.496 e. The monoisotopic (exact) mass is 572 g/mol. The Hall–Kier alpha value is -4.35. The molecule has 1 aliphatic heterocycles. The smallest absolute Gasteiger partial charge is 0.416 e. The zero-order chi connectivity index (χ0) is 30.1. The van der Waals surface area contributed by atoms with Crippen molar-refractivity contribution in [1.29, 1.82) is 5.26 Å². The molecule has 5 nitrogen and oxygen atoms in total. The lowest BCUT2D eigenvalue weighted by Crippen LogP contribution is -2.52. The van der Waals surface area contributed by atoms with Crippen molar-refractivity contribution < 1.29 is 27.8 Å². The molecule has 216 valence electrons. The van der Waals surface area contributed by atoms with Gasteiger partial charge in [-0.1, -0.05) is 78.9 Å². The van der Waals surface area contributed by atoms with Gasteiger partial charge in [0.2, 0.25) is 5.91 Å². The maximum absolute atomic E-state index is 14.4. The van der Waals surface area contributed by atoms with Crippen molar-refractivity contribution >= 4 is 16.7 Å². The van der Waals surface area contributed by atoms with Crippen LogP contribution in [0.1, 0.15) is 47.4 Å². The molecule has 4 atom stereocenters. The number of fused-ring (bicyclic) bond motifs is 1. The third kappa shape index (κ3) is 5.33. The quantitative estimate of drug-likeness (QED) is 0.273. The molecule has 8 heteroatoms. The molecule has 4 aromatic rings. The predicted molar refractivity (Wildman–Crippen MR) is 154 cm³/mol. The highest BCUT2D eigenvalue weighted by molar-refractivity contribution is 5.91. The van der Waals surface area contributed by atoms with Crippen LogP contribution in [-0.2, 0) is 11.0 Å². The molecular weight excluding hydrogens is 541 g/mol. The summed E-state index contributed by atoms with van der Waals surface area (Å²) in [5, 5.41) is 23.7. The molecule has 4 aromatic carbocycles. The van der Waals surface area contributed by atoms with Crippen molar-refractivity contribution in [3.63, 3.8) is 0 Å². The topological polar surface area (TPSA) is 73.6 Å². The summed E-state index contributed by atoms with van der Waals surface area (Å²) in [5.74, 6) is -1.23. The number of hydrogen-bond donors (Lipinski definition) is 1. The van der Waals surface area contributed by atoms with Crippen molar-refractivity contribution in [2.75, 3.05) is 20.2 Å². The van der Waals surface area contributed by atoms with Crippen LogP contribution in [0.5, 0.6) is 5.75 Å². The highest BCUT2D eigenvalue weighted by Gasteiger charge is 2.48. The largest absolute Gasteiger partial charge is 0.496 e. The van der Waals surface area contributed by atoms with E-state index in [0.29, 0.717) is 16.9 Å². The molecule has 2 unspecified atom stereocenters. The fourth-order valence-corrected chi connectivity index (χ4v) is 6.21. The lowest BCUT2D eigenvalue weighted by atomic mass is 9.68. The number of likely N-dealkylation sites (tertiary alicyclic amines) is 1. The molecule has 1 fully saturated rings. The number of β-amino-alcohol motifs (C(OH)–C–C–N with tert-alkyl or cyclic N) is 1. The summed E-state index contributed by atoms with van der Waals surface area (Å²) < 4.78 is 45.7. The van der Waals surface area contributed by atoms with E-state index in [1.54, 1.807) is 26.2 Å².